The zero-order chi connectivity index (χ0) is 28.1. The Labute approximate surface area is 225 Å². The molecule has 0 aliphatic carbocycles. The first-order valence-corrected chi connectivity index (χ1v) is 12.6. The lowest BCUT2D eigenvalue weighted by atomic mass is 10.0. The molecule has 0 aliphatic heterocycles. The average molecular weight is 497 g/mol. The molecule has 0 bridgehead atoms. The van der Waals surface area contributed by atoms with Crippen LogP contribution in [0.5, 0.6) is 0 Å². The fourth-order valence-corrected chi connectivity index (χ4v) is 3.10. The van der Waals surface area contributed by atoms with Gasteiger partial charge in [0.2, 0.25) is 0 Å². The molecule has 2 rings (SSSR count). The first kappa shape index (κ1) is 32.9. The van der Waals surface area contributed by atoms with Crippen LogP contribution in [0, 0.1) is 18.8 Å². The maximum Gasteiger partial charge on any atom is 0.131 e. The number of anilines is 1. The van der Waals surface area contributed by atoms with Crippen LogP contribution in [0.15, 0.2) is 102 Å². The van der Waals surface area contributed by atoms with Gasteiger partial charge in [-0.15, -0.1) is 5.92 Å². The highest BCUT2D eigenvalue weighted by Crippen LogP contribution is 2.22. The Hall–Kier alpha value is -4.10. The number of hydrogen-bond donors (Lipinski definition) is 2. The van der Waals surface area contributed by atoms with Gasteiger partial charge >= 0.3 is 0 Å². The van der Waals surface area contributed by atoms with Crippen LogP contribution in [0.25, 0.3) is 0 Å². The molecule has 0 aromatic heterocycles. The van der Waals surface area contributed by atoms with Crippen molar-refractivity contribution in [1.82, 2.24) is 0 Å². The zero-order valence-corrected chi connectivity index (χ0v) is 23.6. The highest BCUT2D eigenvalue weighted by Gasteiger charge is 2.08. The van der Waals surface area contributed by atoms with Gasteiger partial charge in [0, 0.05) is 29.7 Å². The van der Waals surface area contributed by atoms with Crippen molar-refractivity contribution < 1.29 is 0 Å². The number of amidine groups is 1. The molecule has 0 heterocycles. The predicted octanol–water partition coefficient (Wildman–Crippen LogP) is 8.50. The number of benzene rings is 2. The van der Waals surface area contributed by atoms with Crippen molar-refractivity contribution in [2.45, 2.75) is 60.4 Å². The van der Waals surface area contributed by atoms with Crippen LogP contribution in [0.2, 0.25) is 0 Å². The van der Waals surface area contributed by atoms with E-state index in [1.165, 1.54) is 0 Å². The highest BCUT2D eigenvalue weighted by atomic mass is 14.9. The number of nitrogens with one attached hydrogen (secondary N) is 1. The summed E-state index contributed by atoms with van der Waals surface area (Å²) in [5.74, 6) is 6.56. The van der Waals surface area contributed by atoms with Crippen molar-refractivity contribution in [3.8, 4) is 11.8 Å². The highest BCUT2D eigenvalue weighted by molar-refractivity contribution is 6.00. The summed E-state index contributed by atoms with van der Waals surface area (Å²) >= 11 is 0. The quantitative estimate of drug-likeness (QED) is 0.158. The van der Waals surface area contributed by atoms with E-state index in [4.69, 9.17) is 5.73 Å². The van der Waals surface area contributed by atoms with Crippen LogP contribution in [-0.4, -0.2) is 18.1 Å². The summed E-state index contributed by atoms with van der Waals surface area (Å²) in [6.45, 7) is 21.0. The number of hydrogen-bond acceptors (Lipinski definition) is 3. The van der Waals surface area contributed by atoms with Crippen LogP contribution in [-0.2, 0) is 0 Å². The number of nitrogens with zero attached hydrogens (tertiary/aromatic N) is 2. The van der Waals surface area contributed by atoms with Gasteiger partial charge in [-0.1, -0.05) is 75.4 Å². The van der Waals surface area contributed by atoms with Crippen molar-refractivity contribution in [2.75, 3.05) is 5.32 Å². The van der Waals surface area contributed by atoms with Crippen LogP contribution in [0.1, 0.15) is 64.2 Å². The summed E-state index contributed by atoms with van der Waals surface area (Å²) in [5.41, 5.74) is 11.3. The van der Waals surface area contributed by atoms with E-state index in [-0.39, 0.29) is 5.92 Å². The second-order valence-electron chi connectivity index (χ2n) is 7.93. The van der Waals surface area contributed by atoms with Crippen molar-refractivity contribution in [3.05, 3.63) is 109 Å². The van der Waals surface area contributed by atoms with Gasteiger partial charge in [0.05, 0.1) is 11.6 Å². The maximum absolute atomic E-state index is 6.33. The lowest BCUT2D eigenvalue weighted by Crippen LogP contribution is -2.15. The molecular formula is C33H44N4. The first-order valence-electron chi connectivity index (χ1n) is 12.6. The van der Waals surface area contributed by atoms with Gasteiger partial charge in [-0.25, -0.2) is 4.99 Å². The van der Waals surface area contributed by atoms with Gasteiger partial charge < -0.3 is 11.1 Å². The Morgan fingerprint density at radius 1 is 1.05 bits per heavy atom. The molecule has 0 fully saturated rings. The molecule has 0 saturated heterocycles. The predicted molar refractivity (Wildman–Crippen MR) is 167 cm³/mol. The Kier molecular flexibility index (Phi) is 17.9. The van der Waals surface area contributed by atoms with Crippen molar-refractivity contribution in [1.29, 1.82) is 0 Å². The van der Waals surface area contributed by atoms with Crippen molar-refractivity contribution in [3.63, 3.8) is 0 Å². The molecule has 1 atom stereocenters. The lowest BCUT2D eigenvalue weighted by Gasteiger charge is -2.13. The Morgan fingerprint density at radius 2 is 1.73 bits per heavy atom. The molecule has 0 saturated carbocycles. The fraction of sp³-hybridized carbons (Fsp3) is 0.273. The van der Waals surface area contributed by atoms with Crippen LogP contribution in [0.4, 0.5) is 11.4 Å². The summed E-state index contributed by atoms with van der Waals surface area (Å²) in [6, 6.07) is 14.5. The molecule has 4 heteroatoms. The number of allylic oxidation sites excluding steroid dienone is 5. The standard InChI is InChI=1S/C25H30N4.C6H8.C2H6/c1-6-9-21(17-27-14-7-2)20-10-8-11-22(16-20)29-25(26)24-13-12-23(15-19(24)5)28-18(3)4;1-3-5-6-4-2;1-2/h7-8,10-18,21,28H,1-5H3,(H2,26,29);3-6H,1-2H2;1-2H3/b14-7-,27-17?;6-5-;. The smallest absolute Gasteiger partial charge is 0.131 e. The molecular weight excluding hydrogens is 452 g/mol. The topological polar surface area (TPSA) is 62.8 Å². The molecule has 2 aromatic carbocycles. The second kappa shape index (κ2) is 20.1. The van der Waals surface area contributed by atoms with E-state index in [2.05, 4.69) is 60.2 Å². The molecule has 0 radical (unpaired) electrons. The van der Waals surface area contributed by atoms with E-state index in [0.29, 0.717) is 11.9 Å². The van der Waals surface area contributed by atoms with Crippen molar-refractivity contribution >= 4 is 23.4 Å². The molecule has 3 N–H and O–H groups in total. The number of nitrogens with two attached hydrogens (primary N) is 1. The third kappa shape index (κ3) is 13.5. The summed E-state index contributed by atoms with van der Waals surface area (Å²) in [5, 5.41) is 3.40. The van der Waals surface area contributed by atoms with Gasteiger partial charge in [-0.3, -0.25) is 4.99 Å². The summed E-state index contributed by atoms with van der Waals surface area (Å²) < 4.78 is 0. The molecule has 196 valence electrons. The fourth-order valence-electron chi connectivity index (χ4n) is 3.10. The van der Waals surface area contributed by atoms with Gasteiger partial charge in [-0.2, -0.15) is 0 Å². The van der Waals surface area contributed by atoms with Crippen LogP contribution >= 0.6 is 0 Å². The van der Waals surface area contributed by atoms with Gasteiger partial charge in [0.25, 0.3) is 0 Å². The normalized spacial score (nSPS) is 11.7. The monoisotopic (exact) mass is 496 g/mol. The summed E-state index contributed by atoms with van der Waals surface area (Å²) in [4.78, 5) is 8.94. The van der Waals surface area contributed by atoms with E-state index in [9.17, 15) is 0 Å². The third-order valence-corrected chi connectivity index (χ3v) is 4.59. The maximum atomic E-state index is 6.33. The van der Waals surface area contributed by atoms with Gasteiger partial charge in [0.15, 0.2) is 0 Å². The number of aryl methyl sites for hydroxylation is 1. The van der Waals surface area contributed by atoms with E-state index in [1.54, 1.807) is 18.4 Å². The SMILES string of the molecule is C=C/C=C\C=C.CC.CC#CC(C=N/C=C\C)c1cccc(N=C(N)c2ccc(NC(C)C)cc2C)c1. The van der Waals surface area contributed by atoms with E-state index >= 15 is 0 Å². The van der Waals surface area contributed by atoms with E-state index < -0.39 is 0 Å². The van der Waals surface area contributed by atoms with E-state index in [1.807, 2.05) is 95.5 Å². The van der Waals surface area contributed by atoms with Crippen molar-refractivity contribution in [2.24, 2.45) is 15.7 Å². The molecule has 0 aliphatic rings. The minimum Gasteiger partial charge on any atom is -0.383 e. The largest absolute Gasteiger partial charge is 0.383 e. The zero-order valence-electron chi connectivity index (χ0n) is 23.6. The van der Waals surface area contributed by atoms with Crippen LogP contribution in [0.3, 0.4) is 0 Å². The van der Waals surface area contributed by atoms with E-state index in [0.717, 1.165) is 28.1 Å². The molecule has 37 heavy (non-hydrogen) atoms. The second-order valence-corrected chi connectivity index (χ2v) is 7.93. The molecule has 0 spiro atoms. The minimum atomic E-state index is -0.0873. The molecule has 1 unspecified atom stereocenters. The number of rotatable bonds is 9. The first-order chi connectivity index (χ1) is 17.9. The molecule has 4 nitrogen and oxygen atoms in total. The lowest BCUT2D eigenvalue weighted by molar-refractivity contribution is 0.899. The Balaban J connectivity index is 0.00000142. The molecule has 2 aromatic rings. The minimum absolute atomic E-state index is 0.0873. The third-order valence-electron chi connectivity index (χ3n) is 4.59. The van der Waals surface area contributed by atoms with Gasteiger partial charge in [0.1, 0.15) is 5.84 Å². The van der Waals surface area contributed by atoms with Gasteiger partial charge in [-0.05, 0) is 76.1 Å². The summed E-state index contributed by atoms with van der Waals surface area (Å²) in [6.07, 6.45) is 12.6. The summed E-state index contributed by atoms with van der Waals surface area (Å²) in [7, 11) is 0. The number of aliphatic imine (C=N–C) groups is 2. The molecule has 0 amide bonds. The van der Waals surface area contributed by atoms with Crippen LogP contribution < -0.4 is 11.1 Å². The Bertz CT molecular complexity index is 1130. The average Bonchev–Trinajstić information content (AvgIpc) is 2.88. The Morgan fingerprint density at radius 3 is 2.27 bits per heavy atom.